The van der Waals surface area contributed by atoms with E-state index in [1.54, 1.807) is 30.3 Å². The van der Waals surface area contributed by atoms with Crippen molar-refractivity contribution in [3.8, 4) is 5.75 Å². The summed E-state index contributed by atoms with van der Waals surface area (Å²) < 4.78 is 5.60. The van der Waals surface area contributed by atoms with Crippen molar-refractivity contribution in [2.45, 2.75) is 19.4 Å². The molecule has 120 valence electrons. The third-order valence-corrected chi connectivity index (χ3v) is 3.31. The van der Waals surface area contributed by atoms with Gasteiger partial charge in [0.2, 0.25) is 0 Å². The van der Waals surface area contributed by atoms with Gasteiger partial charge in [-0.3, -0.25) is 20.4 Å². The van der Waals surface area contributed by atoms with Gasteiger partial charge in [0.05, 0.1) is 0 Å². The summed E-state index contributed by atoms with van der Waals surface area (Å²) in [6.45, 7) is 1.83. The van der Waals surface area contributed by atoms with E-state index in [2.05, 4.69) is 10.9 Å². The van der Waals surface area contributed by atoms with Crippen LogP contribution < -0.4 is 15.6 Å². The van der Waals surface area contributed by atoms with Gasteiger partial charge >= 0.3 is 0 Å². The number of hydrogen-bond acceptors (Lipinski definition) is 3. The molecule has 0 aromatic heterocycles. The fourth-order valence-corrected chi connectivity index (χ4v) is 2.08. The van der Waals surface area contributed by atoms with E-state index in [1.807, 2.05) is 25.1 Å². The summed E-state index contributed by atoms with van der Waals surface area (Å²) in [5.74, 6) is -0.280. The van der Waals surface area contributed by atoms with E-state index < -0.39 is 17.9 Å². The summed E-state index contributed by atoms with van der Waals surface area (Å²) in [5.41, 5.74) is 5.07. The number of benzene rings is 2. The van der Waals surface area contributed by atoms with Gasteiger partial charge in [-0.15, -0.1) is 0 Å². The molecule has 0 bridgehead atoms. The minimum atomic E-state index is -0.697. The third kappa shape index (κ3) is 5.00. The van der Waals surface area contributed by atoms with E-state index in [1.165, 1.54) is 6.07 Å². The standard InChI is InChI=1S/C17H17ClN2O3/c1-2-15(23-14-9-4-3-5-10-14)17(22)20-19-16(21)12-7-6-8-13(18)11-12/h3-11,15H,2H2,1H3,(H,19,21)(H,20,22)/t15-/m0/s1. The zero-order chi connectivity index (χ0) is 16.7. The summed E-state index contributed by atoms with van der Waals surface area (Å²) in [7, 11) is 0. The van der Waals surface area contributed by atoms with Gasteiger partial charge in [-0.05, 0) is 36.8 Å². The highest BCUT2D eigenvalue weighted by atomic mass is 35.5. The van der Waals surface area contributed by atoms with Gasteiger partial charge in [-0.2, -0.15) is 0 Å². The number of para-hydroxylation sites is 1. The molecule has 2 aromatic carbocycles. The zero-order valence-electron chi connectivity index (χ0n) is 12.6. The maximum Gasteiger partial charge on any atom is 0.279 e. The van der Waals surface area contributed by atoms with Crippen LogP contribution in [0.4, 0.5) is 0 Å². The van der Waals surface area contributed by atoms with Crippen molar-refractivity contribution in [1.82, 2.24) is 10.9 Å². The smallest absolute Gasteiger partial charge is 0.279 e. The maximum absolute atomic E-state index is 12.1. The second-order valence-electron chi connectivity index (χ2n) is 4.78. The number of ether oxygens (including phenoxy) is 1. The molecule has 0 aliphatic rings. The Bertz CT molecular complexity index is 677. The fraction of sp³-hybridized carbons (Fsp3) is 0.176. The number of carbonyl (C=O) groups is 2. The van der Waals surface area contributed by atoms with Crippen LogP contribution in [-0.2, 0) is 4.79 Å². The van der Waals surface area contributed by atoms with E-state index in [0.29, 0.717) is 22.8 Å². The normalized spacial score (nSPS) is 11.4. The molecular weight excluding hydrogens is 316 g/mol. The van der Waals surface area contributed by atoms with Crippen molar-refractivity contribution in [2.24, 2.45) is 0 Å². The van der Waals surface area contributed by atoms with Gasteiger partial charge in [0, 0.05) is 10.6 Å². The molecule has 2 aromatic rings. The fourth-order valence-electron chi connectivity index (χ4n) is 1.89. The minimum Gasteiger partial charge on any atom is -0.481 e. The molecule has 6 heteroatoms. The Kier molecular flexibility index (Phi) is 6.00. The van der Waals surface area contributed by atoms with Crippen molar-refractivity contribution in [1.29, 1.82) is 0 Å². The van der Waals surface area contributed by atoms with E-state index in [-0.39, 0.29) is 0 Å². The van der Waals surface area contributed by atoms with Crippen LogP contribution in [0.1, 0.15) is 23.7 Å². The van der Waals surface area contributed by atoms with Gasteiger partial charge in [0.1, 0.15) is 5.75 Å². The number of hydrogen-bond donors (Lipinski definition) is 2. The maximum atomic E-state index is 12.1. The molecule has 0 fully saturated rings. The lowest BCUT2D eigenvalue weighted by atomic mass is 10.2. The Morgan fingerprint density at radius 1 is 1.09 bits per heavy atom. The van der Waals surface area contributed by atoms with Crippen LogP contribution in [0.5, 0.6) is 5.75 Å². The molecule has 0 aliphatic heterocycles. The highest BCUT2D eigenvalue weighted by Crippen LogP contribution is 2.13. The average molecular weight is 333 g/mol. The minimum absolute atomic E-state index is 0.356. The number of carbonyl (C=O) groups excluding carboxylic acids is 2. The molecule has 0 saturated carbocycles. The van der Waals surface area contributed by atoms with Crippen LogP contribution in [0.2, 0.25) is 5.02 Å². The van der Waals surface area contributed by atoms with Crippen molar-refractivity contribution >= 4 is 23.4 Å². The summed E-state index contributed by atoms with van der Waals surface area (Å²) in [6, 6.07) is 15.5. The molecule has 0 heterocycles. The molecule has 0 unspecified atom stereocenters. The molecule has 23 heavy (non-hydrogen) atoms. The molecule has 2 N–H and O–H groups in total. The van der Waals surface area contributed by atoms with Gasteiger partial charge in [0.25, 0.3) is 11.8 Å². The van der Waals surface area contributed by atoms with Crippen LogP contribution in [0.15, 0.2) is 54.6 Å². The van der Waals surface area contributed by atoms with Crippen LogP contribution in [0.25, 0.3) is 0 Å². The molecule has 2 amide bonds. The molecule has 2 rings (SSSR count). The van der Waals surface area contributed by atoms with Crippen molar-refractivity contribution in [3.05, 3.63) is 65.2 Å². The van der Waals surface area contributed by atoms with Gasteiger partial charge in [-0.25, -0.2) is 0 Å². The molecule has 0 aliphatic carbocycles. The van der Waals surface area contributed by atoms with Gasteiger partial charge < -0.3 is 4.74 Å². The second-order valence-corrected chi connectivity index (χ2v) is 5.22. The number of nitrogens with one attached hydrogen (secondary N) is 2. The second kappa shape index (κ2) is 8.19. The molecule has 0 saturated heterocycles. The first-order valence-electron chi connectivity index (χ1n) is 7.17. The highest BCUT2D eigenvalue weighted by Gasteiger charge is 2.19. The van der Waals surface area contributed by atoms with Crippen LogP contribution in [0.3, 0.4) is 0 Å². The highest BCUT2D eigenvalue weighted by molar-refractivity contribution is 6.30. The van der Waals surface area contributed by atoms with E-state index in [4.69, 9.17) is 16.3 Å². The third-order valence-electron chi connectivity index (χ3n) is 3.07. The average Bonchev–Trinajstić information content (AvgIpc) is 2.58. The van der Waals surface area contributed by atoms with E-state index in [0.717, 1.165) is 0 Å². The SMILES string of the molecule is CC[C@H](Oc1ccccc1)C(=O)NNC(=O)c1cccc(Cl)c1. The molecule has 0 spiro atoms. The zero-order valence-corrected chi connectivity index (χ0v) is 13.3. The Morgan fingerprint density at radius 3 is 2.48 bits per heavy atom. The van der Waals surface area contributed by atoms with Crippen molar-refractivity contribution < 1.29 is 14.3 Å². The summed E-state index contributed by atoms with van der Waals surface area (Å²) in [5, 5.41) is 0.447. The van der Waals surface area contributed by atoms with Gasteiger partial charge in [0.15, 0.2) is 6.10 Å². The van der Waals surface area contributed by atoms with Crippen molar-refractivity contribution in [3.63, 3.8) is 0 Å². The monoisotopic (exact) mass is 332 g/mol. The Morgan fingerprint density at radius 2 is 1.83 bits per heavy atom. The topological polar surface area (TPSA) is 67.4 Å². The Balaban J connectivity index is 1.91. The summed E-state index contributed by atoms with van der Waals surface area (Å²) in [4.78, 5) is 24.0. The molecule has 0 radical (unpaired) electrons. The number of halogens is 1. The van der Waals surface area contributed by atoms with Crippen LogP contribution in [-0.4, -0.2) is 17.9 Å². The lowest BCUT2D eigenvalue weighted by molar-refractivity contribution is -0.128. The lowest BCUT2D eigenvalue weighted by Crippen LogP contribution is -2.47. The Hall–Kier alpha value is -2.53. The first-order valence-corrected chi connectivity index (χ1v) is 7.55. The molecule has 5 nitrogen and oxygen atoms in total. The first-order chi connectivity index (χ1) is 11.1. The Labute approximate surface area is 139 Å². The van der Waals surface area contributed by atoms with Crippen LogP contribution >= 0.6 is 11.6 Å². The number of amides is 2. The summed E-state index contributed by atoms with van der Waals surface area (Å²) >= 11 is 5.83. The van der Waals surface area contributed by atoms with Crippen LogP contribution in [0, 0.1) is 0 Å². The number of hydrazine groups is 1. The quantitative estimate of drug-likeness (QED) is 0.827. The van der Waals surface area contributed by atoms with E-state index >= 15 is 0 Å². The molecule has 1 atom stereocenters. The predicted molar refractivity (Wildman–Crippen MR) is 88.2 cm³/mol. The summed E-state index contributed by atoms with van der Waals surface area (Å²) in [6.07, 6.45) is -0.231. The first kappa shape index (κ1) is 16.8. The molecular formula is C17H17ClN2O3. The lowest BCUT2D eigenvalue weighted by Gasteiger charge is -2.17. The predicted octanol–water partition coefficient (Wildman–Crippen LogP) is 2.96. The van der Waals surface area contributed by atoms with Gasteiger partial charge in [-0.1, -0.05) is 42.8 Å². The largest absolute Gasteiger partial charge is 0.481 e. The number of rotatable bonds is 5. The van der Waals surface area contributed by atoms with Crippen molar-refractivity contribution in [2.75, 3.05) is 0 Å². The van der Waals surface area contributed by atoms with E-state index in [9.17, 15) is 9.59 Å².